The average molecular weight is 352 g/mol. The SMILES string of the molecule is COC[C@@H](C)NC(=O)c1sc(-c2ccccc2)nc1-c1ccccc1. The lowest BCUT2D eigenvalue weighted by molar-refractivity contribution is 0.0910. The third-order valence-corrected chi connectivity index (χ3v) is 4.80. The van der Waals surface area contributed by atoms with Crippen LogP contribution in [0.4, 0.5) is 0 Å². The molecule has 0 saturated carbocycles. The molecule has 25 heavy (non-hydrogen) atoms. The fraction of sp³-hybridized carbons (Fsp3) is 0.200. The van der Waals surface area contributed by atoms with Crippen LogP contribution < -0.4 is 5.32 Å². The van der Waals surface area contributed by atoms with Crippen LogP contribution in [0.25, 0.3) is 21.8 Å². The van der Waals surface area contributed by atoms with Crippen LogP contribution in [0.15, 0.2) is 60.7 Å². The highest BCUT2D eigenvalue weighted by atomic mass is 32.1. The van der Waals surface area contributed by atoms with Gasteiger partial charge in [-0.2, -0.15) is 0 Å². The Balaban J connectivity index is 2.00. The molecule has 0 saturated heterocycles. The van der Waals surface area contributed by atoms with Gasteiger partial charge in [0.15, 0.2) is 0 Å². The standard InChI is InChI=1S/C20H20N2O2S/c1-14(13-24-2)21-19(23)18-17(15-9-5-3-6-10-15)22-20(25-18)16-11-7-4-8-12-16/h3-12,14H,13H2,1-2H3,(H,21,23)/t14-/m1/s1. The van der Waals surface area contributed by atoms with Gasteiger partial charge < -0.3 is 10.1 Å². The first-order valence-corrected chi connectivity index (χ1v) is 8.92. The number of thiazole rings is 1. The molecule has 0 aliphatic carbocycles. The lowest BCUT2D eigenvalue weighted by Gasteiger charge is -2.12. The fourth-order valence-electron chi connectivity index (χ4n) is 2.55. The van der Waals surface area contributed by atoms with Gasteiger partial charge in [-0.1, -0.05) is 60.7 Å². The van der Waals surface area contributed by atoms with Gasteiger partial charge in [0, 0.05) is 24.3 Å². The number of hydrogen-bond acceptors (Lipinski definition) is 4. The van der Waals surface area contributed by atoms with Crippen LogP contribution in [0.2, 0.25) is 0 Å². The van der Waals surface area contributed by atoms with E-state index in [1.807, 2.05) is 67.6 Å². The highest BCUT2D eigenvalue weighted by molar-refractivity contribution is 7.17. The van der Waals surface area contributed by atoms with Crippen LogP contribution in [0.1, 0.15) is 16.6 Å². The maximum atomic E-state index is 12.8. The van der Waals surface area contributed by atoms with E-state index in [2.05, 4.69) is 5.32 Å². The number of carbonyl (C=O) groups excluding carboxylic acids is 1. The van der Waals surface area contributed by atoms with Gasteiger partial charge in [-0.3, -0.25) is 4.79 Å². The van der Waals surface area contributed by atoms with Crippen molar-refractivity contribution < 1.29 is 9.53 Å². The zero-order valence-electron chi connectivity index (χ0n) is 14.2. The maximum absolute atomic E-state index is 12.8. The number of rotatable bonds is 6. The van der Waals surface area contributed by atoms with Crippen molar-refractivity contribution in [3.05, 3.63) is 65.5 Å². The van der Waals surface area contributed by atoms with Gasteiger partial charge in [-0.25, -0.2) is 4.98 Å². The van der Waals surface area contributed by atoms with Crippen LogP contribution in [-0.2, 0) is 4.74 Å². The fourth-order valence-corrected chi connectivity index (χ4v) is 3.55. The molecule has 1 N–H and O–H groups in total. The van der Waals surface area contributed by atoms with Crippen molar-refractivity contribution >= 4 is 17.2 Å². The Bertz CT molecular complexity index is 831. The van der Waals surface area contributed by atoms with E-state index >= 15 is 0 Å². The molecule has 1 amide bonds. The van der Waals surface area contributed by atoms with E-state index in [9.17, 15) is 4.79 Å². The zero-order valence-corrected chi connectivity index (χ0v) is 15.0. The minimum Gasteiger partial charge on any atom is -0.383 e. The number of aromatic nitrogens is 1. The second-order valence-corrected chi connectivity index (χ2v) is 6.76. The highest BCUT2D eigenvalue weighted by Gasteiger charge is 2.21. The van der Waals surface area contributed by atoms with Crippen molar-refractivity contribution in [3.63, 3.8) is 0 Å². The smallest absolute Gasteiger partial charge is 0.263 e. The quantitative estimate of drug-likeness (QED) is 0.722. The van der Waals surface area contributed by atoms with Crippen molar-refractivity contribution in [1.82, 2.24) is 10.3 Å². The molecule has 0 bridgehead atoms. The monoisotopic (exact) mass is 352 g/mol. The van der Waals surface area contributed by atoms with Crippen LogP contribution in [-0.4, -0.2) is 30.6 Å². The number of carbonyl (C=O) groups is 1. The first-order chi connectivity index (χ1) is 12.2. The van der Waals surface area contributed by atoms with Gasteiger partial charge in [0.2, 0.25) is 0 Å². The van der Waals surface area contributed by atoms with Crippen molar-refractivity contribution in [2.24, 2.45) is 0 Å². The number of nitrogens with zero attached hydrogens (tertiary/aromatic N) is 1. The van der Waals surface area contributed by atoms with Crippen molar-refractivity contribution in [2.45, 2.75) is 13.0 Å². The molecule has 128 valence electrons. The molecule has 2 aromatic carbocycles. The maximum Gasteiger partial charge on any atom is 0.263 e. The summed E-state index contributed by atoms with van der Waals surface area (Å²) in [7, 11) is 1.62. The first kappa shape index (κ1) is 17.3. The molecular formula is C20H20N2O2S. The molecule has 4 nitrogen and oxygen atoms in total. The summed E-state index contributed by atoms with van der Waals surface area (Å²) in [6.45, 7) is 2.39. The van der Waals surface area contributed by atoms with Crippen LogP contribution >= 0.6 is 11.3 Å². The van der Waals surface area contributed by atoms with Gasteiger partial charge in [0.1, 0.15) is 9.88 Å². The molecule has 1 heterocycles. The third-order valence-electron chi connectivity index (χ3n) is 3.70. The van der Waals surface area contributed by atoms with E-state index in [1.54, 1.807) is 7.11 Å². The average Bonchev–Trinajstić information content (AvgIpc) is 3.09. The Kier molecular flexibility index (Phi) is 5.58. The number of benzene rings is 2. The van der Waals surface area contributed by atoms with Crippen molar-refractivity contribution in [3.8, 4) is 21.8 Å². The molecule has 1 atom stereocenters. The number of methoxy groups -OCH3 is 1. The number of amides is 1. The normalized spacial score (nSPS) is 11.9. The summed E-state index contributed by atoms with van der Waals surface area (Å²) in [5.74, 6) is -0.122. The van der Waals surface area contributed by atoms with Crippen LogP contribution in [0.3, 0.4) is 0 Å². The molecule has 0 spiro atoms. The van der Waals surface area contributed by atoms with Crippen molar-refractivity contribution in [2.75, 3.05) is 13.7 Å². The first-order valence-electron chi connectivity index (χ1n) is 8.10. The minimum atomic E-state index is -0.122. The molecule has 3 aromatic rings. The number of ether oxygens (including phenoxy) is 1. The Morgan fingerprint density at radius 1 is 1.08 bits per heavy atom. The summed E-state index contributed by atoms with van der Waals surface area (Å²) < 4.78 is 5.10. The van der Waals surface area contributed by atoms with Gasteiger partial charge in [0.25, 0.3) is 5.91 Å². The van der Waals surface area contributed by atoms with E-state index in [0.29, 0.717) is 17.2 Å². The number of nitrogens with one attached hydrogen (secondary N) is 1. The predicted molar refractivity (Wildman–Crippen MR) is 102 cm³/mol. The predicted octanol–water partition coefficient (Wildman–Crippen LogP) is 4.24. The minimum absolute atomic E-state index is 0.0663. The van der Waals surface area contributed by atoms with Crippen LogP contribution in [0, 0.1) is 0 Å². The molecule has 1 aromatic heterocycles. The van der Waals surface area contributed by atoms with Crippen molar-refractivity contribution in [1.29, 1.82) is 0 Å². The van der Waals surface area contributed by atoms with Crippen LogP contribution in [0.5, 0.6) is 0 Å². The van der Waals surface area contributed by atoms with E-state index in [1.165, 1.54) is 11.3 Å². The summed E-state index contributed by atoms with van der Waals surface area (Å²) in [5, 5.41) is 3.82. The molecular weight excluding hydrogens is 332 g/mol. The van der Waals surface area contributed by atoms with E-state index in [-0.39, 0.29) is 11.9 Å². The van der Waals surface area contributed by atoms with E-state index < -0.39 is 0 Å². The summed E-state index contributed by atoms with van der Waals surface area (Å²) in [4.78, 5) is 18.1. The second kappa shape index (κ2) is 8.05. The zero-order chi connectivity index (χ0) is 17.6. The van der Waals surface area contributed by atoms with Gasteiger partial charge in [0.05, 0.1) is 12.3 Å². The Morgan fingerprint density at radius 2 is 1.68 bits per heavy atom. The lowest BCUT2D eigenvalue weighted by atomic mass is 10.1. The molecule has 0 fully saturated rings. The largest absolute Gasteiger partial charge is 0.383 e. The molecule has 0 unspecified atom stereocenters. The van der Waals surface area contributed by atoms with E-state index in [0.717, 1.165) is 16.1 Å². The third kappa shape index (κ3) is 4.13. The van der Waals surface area contributed by atoms with Gasteiger partial charge >= 0.3 is 0 Å². The topological polar surface area (TPSA) is 51.2 Å². The van der Waals surface area contributed by atoms with E-state index in [4.69, 9.17) is 9.72 Å². The molecule has 3 rings (SSSR count). The van der Waals surface area contributed by atoms with Gasteiger partial charge in [-0.15, -0.1) is 11.3 Å². The summed E-state index contributed by atoms with van der Waals surface area (Å²) in [5.41, 5.74) is 2.66. The summed E-state index contributed by atoms with van der Waals surface area (Å²) in [6, 6.07) is 19.6. The molecule has 0 aliphatic rings. The molecule has 0 radical (unpaired) electrons. The molecule has 5 heteroatoms. The summed E-state index contributed by atoms with van der Waals surface area (Å²) in [6.07, 6.45) is 0. The lowest BCUT2D eigenvalue weighted by Crippen LogP contribution is -2.35. The Labute approximate surface area is 151 Å². The number of hydrogen-bond donors (Lipinski definition) is 1. The summed E-state index contributed by atoms with van der Waals surface area (Å²) >= 11 is 1.41. The highest BCUT2D eigenvalue weighted by Crippen LogP contribution is 2.33. The Hall–Kier alpha value is -2.50. The molecule has 0 aliphatic heterocycles. The second-order valence-electron chi connectivity index (χ2n) is 5.76. The van der Waals surface area contributed by atoms with Gasteiger partial charge in [-0.05, 0) is 6.92 Å². The Morgan fingerprint density at radius 3 is 2.28 bits per heavy atom.